The second kappa shape index (κ2) is 11.1. The van der Waals surface area contributed by atoms with Gasteiger partial charge in [-0.15, -0.1) is 5.10 Å². The molecule has 4 rings (SSSR count). The minimum absolute atomic E-state index is 0.00469. The molecule has 0 saturated carbocycles. The first kappa shape index (κ1) is 27.0. The summed E-state index contributed by atoms with van der Waals surface area (Å²) in [5.41, 5.74) is 2.48. The number of aliphatic hydroxyl groups is 1. The van der Waals surface area contributed by atoms with E-state index in [1.807, 2.05) is 13.0 Å². The van der Waals surface area contributed by atoms with Crippen LogP contribution in [0.4, 0.5) is 13.2 Å². The maximum Gasteiger partial charge on any atom is 0.416 e. The minimum Gasteiger partial charge on any atom is -0.481 e. The summed E-state index contributed by atoms with van der Waals surface area (Å²) in [6, 6.07) is 17.2. The van der Waals surface area contributed by atoms with Crippen LogP contribution in [0.3, 0.4) is 0 Å². The normalized spacial score (nSPS) is 13.4. The summed E-state index contributed by atoms with van der Waals surface area (Å²) in [5.74, 6) is -2.28. The average molecular weight is 526 g/mol. The molecule has 1 heterocycles. The Morgan fingerprint density at radius 1 is 0.974 bits per heavy atom. The zero-order valence-corrected chi connectivity index (χ0v) is 20.5. The third kappa shape index (κ3) is 6.25. The largest absolute Gasteiger partial charge is 0.481 e. The van der Waals surface area contributed by atoms with Gasteiger partial charge in [-0.1, -0.05) is 53.2 Å². The highest BCUT2D eigenvalue weighted by molar-refractivity contribution is 5.77. The van der Waals surface area contributed by atoms with Crippen molar-refractivity contribution >= 4 is 16.9 Å². The lowest BCUT2D eigenvalue weighted by Gasteiger charge is -2.19. The van der Waals surface area contributed by atoms with Gasteiger partial charge in [0.05, 0.1) is 23.0 Å². The molecule has 0 spiro atoms. The van der Waals surface area contributed by atoms with E-state index in [9.17, 15) is 33.0 Å². The summed E-state index contributed by atoms with van der Waals surface area (Å²) in [6.07, 6.45) is -4.99. The molecule has 3 aromatic carbocycles. The highest BCUT2D eigenvalue weighted by Gasteiger charge is 2.30. The molecule has 0 bridgehead atoms. The van der Waals surface area contributed by atoms with Crippen molar-refractivity contribution in [2.75, 3.05) is 0 Å². The average Bonchev–Trinajstić information content (AvgIpc) is 2.89. The molecule has 0 unspecified atom stereocenters. The number of carbonyl (C=O) groups is 1. The summed E-state index contributed by atoms with van der Waals surface area (Å²) in [5, 5.41) is 28.6. The van der Waals surface area contributed by atoms with E-state index in [-0.39, 0.29) is 24.9 Å². The minimum atomic E-state index is -4.39. The Bertz CT molecular complexity index is 1480. The molecule has 4 aromatic rings. The molecule has 0 amide bonds. The first-order valence-electron chi connectivity index (χ1n) is 12.0. The van der Waals surface area contributed by atoms with Crippen LogP contribution in [0.5, 0.6) is 0 Å². The number of hydrogen-bond acceptors (Lipinski definition) is 5. The van der Waals surface area contributed by atoms with Gasteiger partial charge in [0.15, 0.2) is 0 Å². The van der Waals surface area contributed by atoms with E-state index in [0.29, 0.717) is 22.9 Å². The Morgan fingerprint density at radius 2 is 1.61 bits per heavy atom. The van der Waals surface area contributed by atoms with Crippen LogP contribution in [0.1, 0.15) is 29.5 Å². The Morgan fingerprint density at radius 3 is 2.21 bits per heavy atom. The van der Waals surface area contributed by atoms with Crippen LogP contribution in [-0.4, -0.2) is 37.3 Å². The molecule has 38 heavy (non-hydrogen) atoms. The number of benzene rings is 3. The second-order valence-electron chi connectivity index (χ2n) is 9.25. The number of carboxylic acids is 1. The lowest BCUT2D eigenvalue weighted by Crippen LogP contribution is -2.32. The summed E-state index contributed by atoms with van der Waals surface area (Å²) < 4.78 is 39.4. The highest BCUT2D eigenvalue weighted by Crippen LogP contribution is 2.31. The lowest BCUT2D eigenvalue weighted by atomic mass is 9.93. The number of hydrogen-bond donors (Lipinski definition) is 2. The zero-order valence-electron chi connectivity index (χ0n) is 20.5. The fraction of sp³-hybridized carbons (Fsp3) is 0.286. The molecule has 10 heteroatoms. The maximum atomic E-state index is 12.8. The van der Waals surface area contributed by atoms with Crippen LogP contribution in [0, 0.1) is 12.8 Å². The fourth-order valence-corrected chi connectivity index (χ4v) is 4.31. The Labute approximate surface area is 216 Å². The number of carboxylic acid groups (broad SMARTS) is 1. The lowest BCUT2D eigenvalue weighted by molar-refractivity contribution is -0.146. The molecule has 0 aliphatic rings. The monoisotopic (exact) mass is 525 g/mol. The highest BCUT2D eigenvalue weighted by atomic mass is 19.4. The van der Waals surface area contributed by atoms with Gasteiger partial charge in [0.1, 0.15) is 5.52 Å². The van der Waals surface area contributed by atoms with Gasteiger partial charge in [-0.2, -0.15) is 13.2 Å². The molecule has 0 aliphatic carbocycles. The standard InChI is InChI=1S/C28H26F3N3O4/c1-17-2-12-24-23(16-17)26(36)34(33-32-24)15-14-22(27(37)38)25(35)13-5-18-3-6-19(7-4-18)20-8-10-21(11-9-20)28(29,30)31/h2-4,6-12,16,22,25,35H,5,13-15H2,1H3,(H,37,38)/t22-,25+/m0/s1. The van der Waals surface area contributed by atoms with Crippen molar-refractivity contribution in [2.45, 2.75) is 45.0 Å². The van der Waals surface area contributed by atoms with Gasteiger partial charge < -0.3 is 10.2 Å². The smallest absolute Gasteiger partial charge is 0.416 e. The van der Waals surface area contributed by atoms with Crippen molar-refractivity contribution in [3.05, 3.63) is 93.8 Å². The van der Waals surface area contributed by atoms with E-state index in [4.69, 9.17) is 0 Å². The number of aliphatic hydroxyl groups excluding tert-OH is 1. The van der Waals surface area contributed by atoms with Crippen molar-refractivity contribution in [3.8, 4) is 11.1 Å². The van der Waals surface area contributed by atoms with E-state index < -0.39 is 29.7 Å². The zero-order chi connectivity index (χ0) is 27.4. The van der Waals surface area contributed by atoms with Gasteiger partial charge in [-0.25, -0.2) is 4.68 Å². The van der Waals surface area contributed by atoms with Crippen LogP contribution in [0.15, 0.2) is 71.5 Å². The predicted octanol–water partition coefficient (Wildman–Crippen LogP) is 4.87. The summed E-state index contributed by atoms with van der Waals surface area (Å²) in [4.78, 5) is 24.6. The summed E-state index contributed by atoms with van der Waals surface area (Å²) >= 11 is 0. The van der Waals surface area contributed by atoms with E-state index in [0.717, 1.165) is 33.5 Å². The van der Waals surface area contributed by atoms with Gasteiger partial charge >= 0.3 is 12.1 Å². The van der Waals surface area contributed by atoms with Gasteiger partial charge in [-0.3, -0.25) is 9.59 Å². The van der Waals surface area contributed by atoms with Gasteiger partial charge in [0, 0.05) is 6.54 Å². The number of nitrogens with zero attached hydrogens (tertiary/aromatic N) is 3. The number of alkyl halides is 3. The van der Waals surface area contributed by atoms with Crippen molar-refractivity contribution in [1.29, 1.82) is 0 Å². The number of rotatable bonds is 9. The number of halogens is 3. The number of aromatic nitrogens is 3. The quantitative estimate of drug-likeness (QED) is 0.323. The third-order valence-electron chi connectivity index (χ3n) is 6.54. The van der Waals surface area contributed by atoms with Crippen LogP contribution in [0.2, 0.25) is 0 Å². The first-order chi connectivity index (χ1) is 18.0. The number of aliphatic carboxylic acids is 1. The second-order valence-corrected chi connectivity index (χ2v) is 9.25. The molecule has 198 valence electrons. The first-order valence-corrected chi connectivity index (χ1v) is 12.0. The van der Waals surface area contributed by atoms with E-state index in [2.05, 4.69) is 10.3 Å². The molecular weight excluding hydrogens is 499 g/mol. The van der Waals surface area contributed by atoms with Crippen LogP contribution in [-0.2, 0) is 23.9 Å². The topological polar surface area (TPSA) is 105 Å². The molecule has 0 saturated heterocycles. The molecule has 1 aromatic heterocycles. The van der Waals surface area contributed by atoms with Gasteiger partial charge in [0.2, 0.25) is 0 Å². The molecular formula is C28H26F3N3O4. The SMILES string of the molecule is Cc1ccc2nnn(CC[C@H](C(=O)O)[C@H](O)CCc3ccc(-c4ccc(C(F)(F)F)cc4)cc3)c(=O)c2c1. The maximum absolute atomic E-state index is 12.8. The number of aryl methyl sites for hydroxylation is 3. The van der Waals surface area contributed by atoms with E-state index >= 15 is 0 Å². The molecule has 7 nitrogen and oxygen atoms in total. The summed E-state index contributed by atoms with van der Waals surface area (Å²) in [7, 11) is 0. The number of fused-ring (bicyclic) bond motifs is 1. The summed E-state index contributed by atoms with van der Waals surface area (Å²) in [6.45, 7) is 1.84. The van der Waals surface area contributed by atoms with Crippen molar-refractivity contribution in [1.82, 2.24) is 15.0 Å². The van der Waals surface area contributed by atoms with E-state index in [1.54, 1.807) is 36.4 Å². The third-order valence-corrected chi connectivity index (χ3v) is 6.54. The van der Waals surface area contributed by atoms with Crippen LogP contribution in [0.25, 0.3) is 22.0 Å². The fourth-order valence-electron chi connectivity index (χ4n) is 4.31. The van der Waals surface area contributed by atoms with Crippen molar-refractivity contribution in [3.63, 3.8) is 0 Å². The Balaban J connectivity index is 1.37. The van der Waals surface area contributed by atoms with Crippen LogP contribution >= 0.6 is 0 Å². The molecule has 0 aliphatic heterocycles. The van der Waals surface area contributed by atoms with Gasteiger partial charge in [-0.05, 0) is 67.1 Å². The van der Waals surface area contributed by atoms with Gasteiger partial charge in [0.25, 0.3) is 5.56 Å². The Kier molecular flexibility index (Phi) is 7.91. The molecule has 0 radical (unpaired) electrons. The molecule has 0 fully saturated rings. The predicted molar refractivity (Wildman–Crippen MR) is 135 cm³/mol. The van der Waals surface area contributed by atoms with Crippen molar-refractivity contribution < 1.29 is 28.2 Å². The van der Waals surface area contributed by atoms with E-state index in [1.165, 1.54) is 12.1 Å². The molecule has 2 N–H and O–H groups in total. The molecule has 2 atom stereocenters. The van der Waals surface area contributed by atoms with Crippen LogP contribution < -0.4 is 5.56 Å². The Hall–Kier alpha value is -4.05. The van der Waals surface area contributed by atoms with Crippen molar-refractivity contribution in [2.24, 2.45) is 5.92 Å².